The van der Waals surface area contributed by atoms with Crippen LogP contribution in [0, 0.1) is 0 Å². The standard InChI is InChI=1S/C16H19N5O2S/c1-2-17-15(23)18-13(22)10-24-16-20-19-14(11-8-9-11)21(16)12-6-4-3-5-7-12/h3-7,11H,2,8-10H2,1H3,(H2,17,18,22,23). The molecule has 0 saturated heterocycles. The molecule has 0 unspecified atom stereocenters. The number of carbonyl (C=O) groups is 2. The van der Waals surface area contributed by atoms with Gasteiger partial charge < -0.3 is 5.32 Å². The van der Waals surface area contributed by atoms with Gasteiger partial charge in [-0.25, -0.2) is 4.79 Å². The minimum Gasteiger partial charge on any atom is -0.338 e. The second-order valence-corrected chi connectivity index (χ2v) is 6.42. The first-order valence-corrected chi connectivity index (χ1v) is 8.88. The molecule has 1 heterocycles. The summed E-state index contributed by atoms with van der Waals surface area (Å²) in [5.74, 6) is 1.12. The molecule has 2 aromatic rings. The van der Waals surface area contributed by atoms with Crippen LogP contribution in [0.25, 0.3) is 5.69 Å². The Bertz CT molecular complexity index is 727. The molecule has 2 N–H and O–H groups in total. The molecule has 0 spiro atoms. The van der Waals surface area contributed by atoms with Crippen LogP contribution < -0.4 is 10.6 Å². The molecule has 1 aliphatic rings. The van der Waals surface area contributed by atoms with Crippen molar-refractivity contribution < 1.29 is 9.59 Å². The van der Waals surface area contributed by atoms with E-state index < -0.39 is 6.03 Å². The summed E-state index contributed by atoms with van der Waals surface area (Å²) in [4.78, 5) is 23.2. The van der Waals surface area contributed by atoms with Crippen molar-refractivity contribution in [3.8, 4) is 5.69 Å². The molecule has 0 aliphatic heterocycles. The molecule has 0 atom stereocenters. The third-order valence-electron chi connectivity index (χ3n) is 3.54. The Balaban J connectivity index is 1.72. The molecular formula is C16H19N5O2S. The largest absolute Gasteiger partial charge is 0.338 e. The van der Waals surface area contributed by atoms with E-state index in [1.54, 1.807) is 6.92 Å². The molecule has 1 aromatic heterocycles. The quantitative estimate of drug-likeness (QED) is 0.783. The Morgan fingerprint density at radius 3 is 2.67 bits per heavy atom. The van der Waals surface area contributed by atoms with Gasteiger partial charge in [0.25, 0.3) is 0 Å². The fraction of sp³-hybridized carbons (Fsp3) is 0.375. The first-order valence-electron chi connectivity index (χ1n) is 7.90. The monoisotopic (exact) mass is 345 g/mol. The van der Waals surface area contributed by atoms with Crippen LogP contribution in [0.4, 0.5) is 4.79 Å². The van der Waals surface area contributed by atoms with Gasteiger partial charge in [-0.2, -0.15) is 0 Å². The topological polar surface area (TPSA) is 88.9 Å². The predicted octanol–water partition coefficient (Wildman–Crippen LogP) is 2.08. The first-order chi connectivity index (χ1) is 11.7. The zero-order valence-corrected chi connectivity index (χ0v) is 14.2. The lowest BCUT2D eigenvalue weighted by atomic mass is 10.3. The van der Waals surface area contributed by atoms with Crippen molar-refractivity contribution in [2.24, 2.45) is 0 Å². The maximum atomic E-state index is 11.9. The van der Waals surface area contributed by atoms with Crippen molar-refractivity contribution >= 4 is 23.7 Å². The van der Waals surface area contributed by atoms with E-state index in [2.05, 4.69) is 20.8 Å². The Hall–Kier alpha value is -2.35. The first kappa shape index (κ1) is 16.5. The third kappa shape index (κ3) is 3.94. The number of benzene rings is 1. The summed E-state index contributed by atoms with van der Waals surface area (Å²) < 4.78 is 2.00. The number of hydrogen-bond acceptors (Lipinski definition) is 5. The molecule has 1 aromatic carbocycles. The van der Waals surface area contributed by atoms with Crippen molar-refractivity contribution in [1.29, 1.82) is 0 Å². The van der Waals surface area contributed by atoms with Gasteiger partial charge in [0.05, 0.1) is 5.75 Å². The van der Waals surface area contributed by atoms with Crippen LogP contribution in [0.3, 0.4) is 0 Å². The Morgan fingerprint density at radius 1 is 1.25 bits per heavy atom. The van der Waals surface area contributed by atoms with Crippen molar-refractivity contribution in [2.75, 3.05) is 12.3 Å². The van der Waals surface area contributed by atoms with Crippen LogP contribution in [0.2, 0.25) is 0 Å². The van der Waals surface area contributed by atoms with Crippen LogP contribution in [0.1, 0.15) is 31.5 Å². The summed E-state index contributed by atoms with van der Waals surface area (Å²) in [5.41, 5.74) is 0.982. The molecular weight excluding hydrogens is 326 g/mol. The van der Waals surface area contributed by atoms with E-state index in [0.29, 0.717) is 17.6 Å². The number of hydrogen-bond donors (Lipinski definition) is 2. The molecule has 1 fully saturated rings. The van der Waals surface area contributed by atoms with Gasteiger partial charge in [-0.05, 0) is 31.9 Å². The molecule has 1 aliphatic carbocycles. The van der Waals surface area contributed by atoms with Crippen LogP contribution >= 0.6 is 11.8 Å². The lowest BCUT2D eigenvalue weighted by molar-refractivity contribution is -0.117. The number of nitrogens with zero attached hydrogens (tertiary/aromatic N) is 3. The number of carbonyl (C=O) groups excluding carboxylic acids is 2. The molecule has 3 amide bonds. The maximum absolute atomic E-state index is 11.9. The predicted molar refractivity (Wildman–Crippen MR) is 91.3 cm³/mol. The molecule has 0 radical (unpaired) electrons. The van der Waals surface area contributed by atoms with Gasteiger partial charge in [-0.15, -0.1) is 10.2 Å². The molecule has 8 heteroatoms. The number of para-hydroxylation sites is 1. The molecule has 3 rings (SSSR count). The summed E-state index contributed by atoms with van der Waals surface area (Å²) in [6, 6.07) is 9.38. The number of imide groups is 1. The Kier molecular flexibility index (Phi) is 5.14. The number of urea groups is 1. The molecule has 24 heavy (non-hydrogen) atoms. The van der Waals surface area contributed by atoms with Gasteiger partial charge in [0.2, 0.25) is 5.91 Å². The fourth-order valence-electron chi connectivity index (χ4n) is 2.30. The van der Waals surface area contributed by atoms with E-state index in [9.17, 15) is 9.59 Å². The highest BCUT2D eigenvalue weighted by atomic mass is 32.2. The third-order valence-corrected chi connectivity index (χ3v) is 4.47. The Labute approximate surface area is 144 Å². The number of amides is 3. The summed E-state index contributed by atoms with van der Waals surface area (Å²) in [6.07, 6.45) is 2.24. The highest BCUT2D eigenvalue weighted by Crippen LogP contribution is 2.41. The van der Waals surface area contributed by atoms with E-state index in [-0.39, 0.29) is 11.7 Å². The summed E-state index contributed by atoms with van der Waals surface area (Å²) in [5, 5.41) is 14.0. The zero-order valence-electron chi connectivity index (χ0n) is 13.4. The van der Waals surface area contributed by atoms with Crippen molar-refractivity contribution in [1.82, 2.24) is 25.4 Å². The lowest BCUT2D eigenvalue weighted by Crippen LogP contribution is -2.40. The van der Waals surface area contributed by atoms with Gasteiger partial charge >= 0.3 is 6.03 Å². The van der Waals surface area contributed by atoms with Crippen molar-refractivity contribution in [3.05, 3.63) is 36.2 Å². The molecule has 1 saturated carbocycles. The van der Waals surface area contributed by atoms with Gasteiger partial charge in [0, 0.05) is 18.2 Å². The summed E-state index contributed by atoms with van der Waals surface area (Å²) >= 11 is 1.27. The van der Waals surface area contributed by atoms with Gasteiger partial charge in [0.1, 0.15) is 5.82 Å². The summed E-state index contributed by atoms with van der Waals surface area (Å²) in [7, 11) is 0. The zero-order chi connectivity index (χ0) is 16.9. The molecule has 7 nitrogen and oxygen atoms in total. The van der Waals surface area contributed by atoms with Crippen LogP contribution in [-0.2, 0) is 4.79 Å². The highest BCUT2D eigenvalue weighted by molar-refractivity contribution is 7.99. The number of rotatable bonds is 6. The van der Waals surface area contributed by atoms with E-state index in [4.69, 9.17) is 0 Å². The van der Waals surface area contributed by atoms with Gasteiger partial charge in [-0.3, -0.25) is 14.7 Å². The maximum Gasteiger partial charge on any atom is 0.321 e. The SMILES string of the molecule is CCNC(=O)NC(=O)CSc1nnc(C2CC2)n1-c1ccccc1. The van der Waals surface area contributed by atoms with Gasteiger partial charge in [0.15, 0.2) is 5.16 Å². The number of aromatic nitrogens is 3. The second-order valence-electron chi connectivity index (χ2n) is 5.48. The van der Waals surface area contributed by atoms with Gasteiger partial charge in [-0.1, -0.05) is 30.0 Å². The van der Waals surface area contributed by atoms with E-state index in [1.165, 1.54) is 11.8 Å². The average molecular weight is 345 g/mol. The Morgan fingerprint density at radius 2 is 2.00 bits per heavy atom. The number of nitrogens with one attached hydrogen (secondary N) is 2. The molecule has 126 valence electrons. The van der Waals surface area contributed by atoms with E-state index >= 15 is 0 Å². The fourth-order valence-corrected chi connectivity index (χ4v) is 3.06. The van der Waals surface area contributed by atoms with Crippen LogP contribution in [-0.4, -0.2) is 39.0 Å². The lowest BCUT2D eigenvalue weighted by Gasteiger charge is -2.09. The number of thioether (sulfide) groups is 1. The average Bonchev–Trinajstić information content (AvgIpc) is 3.33. The minimum absolute atomic E-state index is 0.104. The van der Waals surface area contributed by atoms with E-state index in [1.807, 2.05) is 34.9 Å². The minimum atomic E-state index is -0.480. The summed E-state index contributed by atoms with van der Waals surface area (Å²) in [6.45, 7) is 2.26. The van der Waals surface area contributed by atoms with E-state index in [0.717, 1.165) is 24.4 Å². The van der Waals surface area contributed by atoms with Crippen molar-refractivity contribution in [3.63, 3.8) is 0 Å². The smallest absolute Gasteiger partial charge is 0.321 e. The van der Waals surface area contributed by atoms with Crippen LogP contribution in [0.15, 0.2) is 35.5 Å². The normalized spacial score (nSPS) is 13.5. The highest BCUT2D eigenvalue weighted by Gasteiger charge is 2.31. The second kappa shape index (κ2) is 7.48. The van der Waals surface area contributed by atoms with Crippen molar-refractivity contribution in [2.45, 2.75) is 30.8 Å². The van der Waals surface area contributed by atoms with Crippen LogP contribution in [0.5, 0.6) is 0 Å². The molecule has 0 bridgehead atoms.